The predicted molar refractivity (Wildman–Crippen MR) is 72.3 cm³/mol. The smallest absolute Gasteiger partial charge is 0.0726 e. The van der Waals surface area contributed by atoms with Crippen LogP contribution in [0.2, 0.25) is 0 Å². The quantitative estimate of drug-likeness (QED) is 0.700. The van der Waals surface area contributed by atoms with Crippen LogP contribution in [0.25, 0.3) is 0 Å². The van der Waals surface area contributed by atoms with E-state index in [-0.39, 0.29) is 0 Å². The first-order valence-corrected chi connectivity index (χ1v) is 7.66. The van der Waals surface area contributed by atoms with Crippen LogP contribution in [0.4, 0.5) is 0 Å². The van der Waals surface area contributed by atoms with Gasteiger partial charge >= 0.3 is 0 Å². The number of ether oxygens (including phenoxy) is 1. The van der Waals surface area contributed by atoms with E-state index in [1.54, 1.807) is 0 Å². The third-order valence-electron chi connectivity index (χ3n) is 3.16. The fourth-order valence-corrected chi connectivity index (χ4v) is 2.46. The minimum Gasteiger partial charge on any atom is -0.377 e. The van der Waals surface area contributed by atoms with Crippen molar-refractivity contribution in [3.05, 3.63) is 0 Å². The first kappa shape index (κ1) is 14.3. The molecule has 0 aromatic heterocycles. The molecule has 16 heavy (non-hydrogen) atoms. The molecule has 1 aliphatic rings. The zero-order valence-electron chi connectivity index (χ0n) is 10.9. The molecule has 0 saturated carbocycles. The van der Waals surface area contributed by atoms with E-state index in [1.165, 1.54) is 25.1 Å². The molecule has 0 radical (unpaired) electrons. The van der Waals surface area contributed by atoms with Crippen LogP contribution in [0.15, 0.2) is 0 Å². The van der Waals surface area contributed by atoms with E-state index in [0.717, 1.165) is 19.7 Å². The highest BCUT2D eigenvalue weighted by atomic mass is 32.2. The molecule has 0 spiro atoms. The fraction of sp³-hybridized carbons (Fsp3) is 1.00. The van der Waals surface area contributed by atoms with Gasteiger partial charge in [0.15, 0.2) is 0 Å². The SMILES string of the molecule is CSCCN(C)CCNC(C)C1CCCO1. The molecule has 1 fully saturated rings. The summed E-state index contributed by atoms with van der Waals surface area (Å²) in [5.41, 5.74) is 0. The van der Waals surface area contributed by atoms with Crippen molar-refractivity contribution in [1.29, 1.82) is 0 Å². The van der Waals surface area contributed by atoms with Crippen LogP contribution in [0.3, 0.4) is 0 Å². The number of nitrogens with zero attached hydrogens (tertiary/aromatic N) is 1. The summed E-state index contributed by atoms with van der Waals surface area (Å²) in [6.45, 7) is 6.54. The van der Waals surface area contributed by atoms with Gasteiger partial charge in [0.05, 0.1) is 6.10 Å². The van der Waals surface area contributed by atoms with Crippen molar-refractivity contribution in [3.63, 3.8) is 0 Å². The Morgan fingerprint density at radius 3 is 2.94 bits per heavy atom. The number of hydrogen-bond acceptors (Lipinski definition) is 4. The van der Waals surface area contributed by atoms with Gasteiger partial charge in [-0.1, -0.05) is 0 Å². The Kier molecular flexibility index (Phi) is 7.45. The van der Waals surface area contributed by atoms with Gasteiger partial charge < -0.3 is 15.0 Å². The first-order chi connectivity index (χ1) is 7.74. The lowest BCUT2D eigenvalue weighted by atomic mass is 10.1. The maximum Gasteiger partial charge on any atom is 0.0726 e. The van der Waals surface area contributed by atoms with Crippen molar-refractivity contribution < 1.29 is 4.74 Å². The van der Waals surface area contributed by atoms with Gasteiger partial charge in [-0.2, -0.15) is 11.8 Å². The second kappa shape index (κ2) is 8.34. The van der Waals surface area contributed by atoms with Crippen molar-refractivity contribution in [2.24, 2.45) is 0 Å². The minimum absolute atomic E-state index is 0.441. The van der Waals surface area contributed by atoms with Crippen molar-refractivity contribution in [2.75, 3.05) is 45.3 Å². The molecule has 0 aromatic rings. The van der Waals surface area contributed by atoms with Crippen molar-refractivity contribution in [1.82, 2.24) is 10.2 Å². The third kappa shape index (κ3) is 5.53. The normalized spacial score (nSPS) is 22.9. The number of hydrogen-bond donors (Lipinski definition) is 1. The second-order valence-corrected chi connectivity index (χ2v) is 5.58. The molecule has 1 saturated heterocycles. The number of nitrogens with one attached hydrogen (secondary N) is 1. The van der Waals surface area contributed by atoms with Crippen LogP contribution in [0.5, 0.6) is 0 Å². The highest BCUT2D eigenvalue weighted by molar-refractivity contribution is 7.98. The average Bonchev–Trinajstić information content (AvgIpc) is 2.79. The lowest BCUT2D eigenvalue weighted by Crippen LogP contribution is -2.41. The average molecular weight is 246 g/mol. The standard InChI is InChI=1S/C12H26N2OS/c1-11(12-5-4-9-15-12)13-6-7-14(2)8-10-16-3/h11-13H,4-10H2,1-3H3. The van der Waals surface area contributed by atoms with Crippen LogP contribution in [-0.2, 0) is 4.74 Å². The molecule has 0 bridgehead atoms. The molecular weight excluding hydrogens is 220 g/mol. The highest BCUT2D eigenvalue weighted by Crippen LogP contribution is 2.14. The molecule has 1 heterocycles. The molecule has 4 heteroatoms. The van der Waals surface area contributed by atoms with Gasteiger partial charge in [0, 0.05) is 38.0 Å². The Bertz CT molecular complexity index is 174. The Morgan fingerprint density at radius 1 is 1.50 bits per heavy atom. The van der Waals surface area contributed by atoms with E-state index in [0.29, 0.717) is 12.1 Å². The molecule has 96 valence electrons. The summed E-state index contributed by atoms with van der Waals surface area (Å²) in [4.78, 5) is 2.38. The van der Waals surface area contributed by atoms with E-state index >= 15 is 0 Å². The zero-order valence-corrected chi connectivity index (χ0v) is 11.7. The second-order valence-electron chi connectivity index (χ2n) is 4.59. The van der Waals surface area contributed by atoms with Crippen LogP contribution >= 0.6 is 11.8 Å². The molecule has 0 aliphatic carbocycles. The van der Waals surface area contributed by atoms with Gasteiger partial charge in [0.1, 0.15) is 0 Å². The first-order valence-electron chi connectivity index (χ1n) is 6.26. The molecule has 1 rings (SSSR count). The number of rotatable bonds is 8. The maximum atomic E-state index is 5.66. The van der Waals surface area contributed by atoms with Gasteiger partial charge in [-0.05, 0) is 33.1 Å². The van der Waals surface area contributed by atoms with E-state index in [9.17, 15) is 0 Å². The molecule has 0 amide bonds. The summed E-state index contributed by atoms with van der Waals surface area (Å²) < 4.78 is 5.66. The summed E-state index contributed by atoms with van der Waals surface area (Å²) in [7, 11) is 2.19. The summed E-state index contributed by atoms with van der Waals surface area (Å²) >= 11 is 1.91. The summed E-state index contributed by atoms with van der Waals surface area (Å²) in [5.74, 6) is 1.22. The largest absolute Gasteiger partial charge is 0.377 e. The van der Waals surface area contributed by atoms with Gasteiger partial charge in [0.25, 0.3) is 0 Å². The summed E-state index contributed by atoms with van der Waals surface area (Å²) in [5, 5.41) is 3.56. The maximum absolute atomic E-state index is 5.66. The Balaban J connectivity index is 2.00. The lowest BCUT2D eigenvalue weighted by molar-refractivity contribution is 0.0830. The van der Waals surface area contributed by atoms with Crippen molar-refractivity contribution in [2.45, 2.75) is 31.9 Å². The molecule has 0 aromatic carbocycles. The number of thioether (sulfide) groups is 1. The molecule has 3 nitrogen and oxygen atoms in total. The Morgan fingerprint density at radius 2 is 2.31 bits per heavy atom. The van der Waals surface area contributed by atoms with Crippen molar-refractivity contribution in [3.8, 4) is 0 Å². The molecule has 2 unspecified atom stereocenters. The van der Waals surface area contributed by atoms with E-state index < -0.39 is 0 Å². The van der Waals surface area contributed by atoms with Crippen LogP contribution in [-0.4, -0.2) is 62.3 Å². The monoisotopic (exact) mass is 246 g/mol. The Hall–Kier alpha value is 0.230. The molecular formula is C12H26N2OS. The summed E-state index contributed by atoms with van der Waals surface area (Å²) in [6, 6.07) is 0.497. The van der Waals surface area contributed by atoms with Gasteiger partial charge in [-0.15, -0.1) is 0 Å². The van der Waals surface area contributed by atoms with Crippen LogP contribution in [0, 0.1) is 0 Å². The van der Waals surface area contributed by atoms with Crippen molar-refractivity contribution >= 4 is 11.8 Å². The fourth-order valence-electron chi connectivity index (χ4n) is 1.97. The lowest BCUT2D eigenvalue weighted by Gasteiger charge is -2.22. The van der Waals surface area contributed by atoms with Gasteiger partial charge in [-0.25, -0.2) is 0 Å². The molecule has 1 N–H and O–H groups in total. The third-order valence-corrected chi connectivity index (χ3v) is 3.75. The van der Waals surface area contributed by atoms with Gasteiger partial charge in [0.2, 0.25) is 0 Å². The van der Waals surface area contributed by atoms with Crippen LogP contribution < -0.4 is 5.32 Å². The van der Waals surface area contributed by atoms with Gasteiger partial charge in [-0.3, -0.25) is 0 Å². The number of likely N-dealkylation sites (N-methyl/N-ethyl adjacent to an activating group) is 1. The van der Waals surface area contributed by atoms with E-state index in [4.69, 9.17) is 4.74 Å². The van der Waals surface area contributed by atoms with E-state index in [1.807, 2.05) is 11.8 Å². The van der Waals surface area contributed by atoms with E-state index in [2.05, 4.69) is 30.4 Å². The Labute approximate surface area is 104 Å². The zero-order chi connectivity index (χ0) is 11.8. The van der Waals surface area contributed by atoms with Crippen LogP contribution in [0.1, 0.15) is 19.8 Å². The molecule has 1 aliphatic heterocycles. The predicted octanol–water partition coefficient (Wildman–Crippen LogP) is 1.44. The topological polar surface area (TPSA) is 24.5 Å². The summed E-state index contributed by atoms with van der Waals surface area (Å²) in [6.07, 6.45) is 5.04. The highest BCUT2D eigenvalue weighted by Gasteiger charge is 2.21. The molecule has 2 atom stereocenters. The minimum atomic E-state index is 0.441.